The molecule has 2 aromatic rings. The van der Waals surface area contributed by atoms with E-state index >= 15 is 0 Å². The number of carbonyl (C=O) groups is 1. The number of hydrogen-bond donors (Lipinski definition) is 1. The molecule has 2 heteroatoms. The third kappa shape index (κ3) is 1.89. The molecule has 0 fully saturated rings. The number of carboxylic acids is 1. The van der Waals surface area contributed by atoms with Gasteiger partial charge in [0, 0.05) is 0 Å². The molecular formula is C13H9O2. The molecule has 15 heavy (non-hydrogen) atoms. The van der Waals surface area contributed by atoms with Crippen LogP contribution in [-0.2, 0) is 0 Å². The van der Waals surface area contributed by atoms with Crippen LogP contribution < -0.4 is 0 Å². The zero-order valence-electron chi connectivity index (χ0n) is 7.97. The molecule has 2 nitrogen and oxygen atoms in total. The molecule has 0 bridgehead atoms. The van der Waals surface area contributed by atoms with Gasteiger partial charge in [0.15, 0.2) is 0 Å². The van der Waals surface area contributed by atoms with Crippen molar-refractivity contribution >= 4 is 5.97 Å². The molecule has 0 amide bonds. The minimum Gasteiger partial charge on any atom is -0.478 e. The van der Waals surface area contributed by atoms with Gasteiger partial charge in [-0.15, -0.1) is 0 Å². The zero-order chi connectivity index (χ0) is 10.7. The van der Waals surface area contributed by atoms with Crippen LogP contribution in [0.25, 0.3) is 11.1 Å². The molecule has 2 rings (SSSR count). The van der Waals surface area contributed by atoms with Crippen LogP contribution in [0, 0.1) is 6.07 Å². The fourth-order valence-corrected chi connectivity index (χ4v) is 1.49. The Labute approximate surface area is 87.8 Å². The molecule has 0 heterocycles. The maximum atomic E-state index is 11.0. The van der Waals surface area contributed by atoms with Gasteiger partial charge in [-0.3, -0.25) is 0 Å². The van der Waals surface area contributed by atoms with E-state index in [1.54, 1.807) is 30.3 Å². The van der Waals surface area contributed by atoms with E-state index in [2.05, 4.69) is 6.07 Å². The van der Waals surface area contributed by atoms with Crippen LogP contribution in [0.15, 0.2) is 48.5 Å². The molecule has 0 saturated heterocycles. The van der Waals surface area contributed by atoms with Crippen molar-refractivity contribution in [2.24, 2.45) is 0 Å². The highest BCUT2D eigenvalue weighted by Gasteiger charge is 2.09. The van der Waals surface area contributed by atoms with Crippen LogP contribution in [0.3, 0.4) is 0 Å². The van der Waals surface area contributed by atoms with Crippen LogP contribution in [0.4, 0.5) is 0 Å². The quantitative estimate of drug-likeness (QED) is 0.803. The molecule has 0 aliphatic heterocycles. The summed E-state index contributed by atoms with van der Waals surface area (Å²) in [5.74, 6) is -0.904. The summed E-state index contributed by atoms with van der Waals surface area (Å²) in [6, 6.07) is 17.1. The van der Waals surface area contributed by atoms with E-state index in [1.807, 2.05) is 18.2 Å². The molecule has 1 radical (unpaired) electrons. The van der Waals surface area contributed by atoms with Gasteiger partial charge in [0.2, 0.25) is 0 Å². The van der Waals surface area contributed by atoms with Crippen molar-refractivity contribution in [2.45, 2.75) is 0 Å². The number of rotatable bonds is 2. The van der Waals surface area contributed by atoms with Crippen molar-refractivity contribution in [3.8, 4) is 11.1 Å². The van der Waals surface area contributed by atoms with Gasteiger partial charge < -0.3 is 5.11 Å². The SMILES string of the molecule is O=C(O)c1ccccc1-c1cc[c]cc1. The van der Waals surface area contributed by atoms with Gasteiger partial charge in [0.05, 0.1) is 5.56 Å². The lowest BCUT2D eigenvalue weighted by Gasteiger charge is -2.04. The summed E-state index contributed by atoms with van der Waals surface area (Å²) in [5, 5.41) is 9.02. The number of carboxylic acid groups (broad SMARTS) is 1. The average molecular weight is 197 g/mol. The number of benzene rings is 2. The first-order valence-corrected chi connectivity index (χ1v) is 4.58. The largest absolute Gasteiger partial charge is 0.478 e. The maximum absolute atomic E-state index is 11.0. The van der Waals surface area contributed by atoms with Crippen LogP contribution in [0.1, 0.15) is 10.4 Å². The minimum atomic E-state index is -0.904. The smallest absolute Gasteiger partial charge is 0.336 e. The molecule has 1 N–H and O–H groups in total. The van der Waals surface area contributed by atoms with E-state index in [1.165, 1.54) is 0 Å². The van der Waals surface area contributed by atoms with Gasteiger partial charge in [-0.1, -0.05) is 42.5 Å². The fourth-order valence-electron chi connectivity index (χ4n) is 1.49. The van der Waals surface area contributed by atoms with Crippen molar-refractivity contribution in [3.05, 3.63) is 60.2 Å². The van der Waals surface area contributed by atoms with Crippen molar-refractivity contribution in [1.29, 1.82) is 0 Å². The first kappa shape index (κ1) is 9.46. The Bertz CT molecular complexity index is 475. The van der Waals surface area contributed by atoms with Crippen molar-refractivity contribution in [1.82, 2.24) is 0 Å². The highest BCUT2D eigenvalue weighted by Crippen LogP contribution is 2.22. The Hall–Kier alpha value is -2.09. The highest BCUT2D eigenvalue weighted by molar-refractivity contribution is 5.95. The van der Waals surface area contributed by atoms with E-state index in [-0.39, 0.29) is 0 Å². The van der Waals surface area contributed by atoms with Gasteiger partial charge in [-0.25, -0.2) is 4.79 Å². The molecule has 0 unspecified atom stereocenters. The Morgan fingerprint density at radius 2 is 1.73 bits per heavy atom. The van der Waals surface area contributed by atoms with E-state index in [4.69, 9.17) is 5.11 Å². The Kier molecular flexibility index (Phi) is 2.50. The molecular weight excluding hydrogens is 188 g/mol. The van der Waals surface area contributed by atoms with Crippen LogP contribution in [0.2, 0.25) is 0 Å². The average Bonchev–Trinajstić information content (AvgIpc) is 2.30. The van der Waals surface area contributed by atoms with Crippen molar-refractivity contribution < 1.29 is 9.90 Å². The standard InChI is InChI=1S/C13H9O2/c14-13(15)12-9-5-4-8-11(12)10-6-2-1-3-7-10/h2-9H,(H,14,15). The molecule has 0 aliphatic carbocycles. The van der Waals surface area contributed by atoms with E-state index in [0.717, 1.165) is 11.1 Å². The summed E-state index contributed by atoms with van der Waals surface area (Å²) in [7, 11) is 0. The highest BCUT2D eigenvalue weighted by atomic mass is 16.4. The molecule has 0 atom stereocenters. The van der Waals surface area contributed by atoms with Crippen LogP contribution in [-0.4, -0.2) is 11.1 Å². The monoisotopic (exact) mass is 197 g/mol. The Balaban J connectivity index is 2.58. The maximum Gasteiger partial charge on any atom is 0.336 e. The van der Waals surface area contributed by atoms with Crippen molar-refractivity contribution in [3.63, 3.8) is 0 Å². The molecule has 0 saturated carbocycles. The molecule has 2 aromatic carbocycles. The summed E-state index contributed by atoms with van der Waals surface area (Å²) in [5.41, 5.74) is 1.95. The van der Waals surface area contributed by atoms with Gasteiger partial charge in [0.1, 0.15) is 0 Å². The summed E-state index contributed by atoms with van der Waals surface area (Å²) < 4.78 is 0. The van der Waals surface area contributed by atoms with E-state index in [9.17, 15) is 4.79 Å². The predicted octanol–water partition coefficient (Wildman–Crippen LogP) is 2.85. The van der Waals surface area contributed by atoms with Gasteiger partial charge in [-0.05, 0) is 23.3 Å². The lowest BCUT2D eigenvalue weighted by molar-refractivity contribution is 0.0698. The second kappa shape index (κ2) is 3.96. The third-order valence-electron chi connectivity index (χ3n) is 2.19. The van der Waals surface area contributed by atoms with Crippen LogP contribution in [0.5, 0.6) is 0 Å². The molecule has 0 spiro atoms. The lowest BCUT2D eigenvalue weighted by Crippen LogP contribution is -1.98. The topological polar surface area (TPSA) is 37.3 Å². The summed E-state index contributed by atoms with van der Waals surface area (Å²) >= 11 is 0. The number of aromatic carboxylic acids is 1. The fraction of sp³-hybridized carbons (Fsp3) is 0. The van der Waals surface area contributed by atoms with E-state index < -0.39 is 5.97 Å². The molecule has 73 valence electrons. The normalized spacial score (nSPS) is 9.87. The Morgan fingerprint density at radius 3 is 2.40 bits per heavy atom. The summed E-state index contributed by atoms with van der Waals surface area (Å²) in [6.07, 6.45) is 0. The first-order chi connectivity index (χ1) is 7.29. The molecule has 0 aliphatic rings. The van der Waals surface area contributed by atoms with Gasteiger partial charge >= 0.3 is 5.97 Å². The van der Waals surface area contributed by atoms with Crippen LogP contribution >= 0.6 is 0 Å². The van der Waals surface area contributed by atoms with E-state index in [0.29, 0.717) is 5.56 Å². The predicted molar refractivity (Wildman–Crippen MR) is 57.7 cm³/mol. The lowest BCUT2D eigenvalue weighted by atomic mass is 10.00. The van der Waals surface area contributed by atoms with Gasteiger partial charge in [-0.2, -0.15) is 0 Å². The minimum absolute atomic E-state index is 0.323. The summed E-state index contributed by atoms with van der Waals surface area (Å²) in [6.45, 7) is 0. The summed E-state index contributed by atoms with van der Waals surface area (Å²) in [4.78, 5) is 11.0. The third-order valence-corrected chi connectivity index (χ3v) is 2.19. The first-order valence-electron chi connectivity index (χ1n) is 4.58. The zero-order valence-corrected chi connectivity index (χ0v) is 7.97. The Morgan fingerprint density at radius 1 is 1.07 bits per heavy atom. The second-order valence-electron chi connectivity index (χ2n) is 3.14. The van der Waals surface area contributed by atoms with Gasteiger partial charge in [0.25, 0.3) is 0 Å². The number of hydrogen-bond acceptors (Lipinski definition) is 1. The van der Waals surface area contributed by atoms with Crippen molar-refractivity contribution in [2.75, 3.05) is 0 Å². The second-order valence-corrected chi connectivity index (χ2v) is 3.14. The molecule has 0 aromatic heterocycles.